The van der Waals surface area contributed by atoms with Crippen LogP contribution in [0.1, 0.15) is 74.3 Å². The Labute approximate surface area is 185 Å². The molecule has 4 saturated heterocycles. The molecule has 0 spiro atoms. The standard InChI is InChI=1S/C26H34N4O/c1-29-19-7-8-20(29)14-17(13-19)23-5-3-11-27-25(23)31-26-24(6-4-12-28-26)18-15-21-9-10-22(16-18)30(21)2/h3-6,11-12,17-22H,7-10,13-16H2,1-2H3. The number of piperidine rings is 2. The molecule has 6 rings (SSSR count). The summed E-state index contributed by atoms with van der Waals surface area (Å²) in [7, 11) is 4.60. The Kier molecular flexibility index (Phi) is 4.99. The van der Waals surface area contributed by atoms with E-state index in [2.05, 4.69) is 48.2 Å². The number of aromatic nitrogens is 2. The summed E-state index contributed by atoms with van der Waals surface area (Å²) < 4.78 is 6.53. The minimum Gasteiger partial charge on any atom is -0.420 e. The maximum atomic E-state index is 6.53. The lowest BCUT2D eigenvalue weighted by Crippen LogP contribution is -2.39. The molecule has 6 heterocycles. The molecule has 31 heavy (non-hydrogen) atoms. The van der Waals surface area contributed by atoms with Gasteiger partial charge in [0.2, 0.25) is 11.8 Å². The Morgan fingerprint density at radius 1 is 0.677 bits per heavy atom. The number of hydrogen-bond donors (Lipinski definition) is 0. The molecule has 0 radical (unpaired) electrons. The number of fused-ring (bicyclic) bond motifs is 4. The maximum absolute atomic E-state index is 6.53. The Morgan fingerprint density at radius 3 is 1.45 bits per heavy atom. The van der Waals surface area contributed by atoms with Crippen LogP contribution in [-0.2, 0) is 0 Å². The number of pyridine rings is 2. The Hall–Kier alpha value is -1.98. The third-order valence-corrected chi connectivity index (χ3v) is 8.87. The van der Waals surface area contributed by atoms with E-state index in [1.165, 1.54) is 62.5 Å². The number of rotatable bonds is 4. The summed E-state index contributed by atoms with van der Waals surface area (Å²) in [5, 5.41) is 0. The summed E-state index contributed by atoms with van der Waals surface area (Å²) in [6.07, 6.45) is 13.9. The topological polar surface area (TPSA) is 41.5 Å². The normalized spacial score (nSPS) is 35.4. The third-order valence-electron chi connectivity index (χ3n) is 8.87. The van der Waals surface area contributed by atoms with Crippen LogP contribution in [0, 0.1) is 0 Å². The highest BCUT2D eigenvalue weighted by Gasteiger charge is 2.41. The van der Waals surface area contributed by atoms with Crippen LogP contribution in [0.15, 0.2) is 36.7 Å². The molecular formula is C26H34N4O. The molecule has 4 atom stereocenters. The van der Waals surface area contributed by atoms with Crippen LogP contribution in [-0.4, -0.2) is 58.0 Å². The molecule has 2 aromatic heterocycles. The van der Waals surface area contributed by atoms with Crippen molar-refractivity contribution in [1.82, 2.24) is 19.8 Å². The van der Waals surface area contributed by atoms with E-state index >= 15 is 0 Å². The molecule has 4 bridgehead atoms. The summed E-state index contributed by atoms with van der Waals surface area (Å²) >= 11 is 0. The van der Waals surface area contributed by atoms with Gasteiger partial charge in [0.15, 0.2) is 0 Å². The van der Waals surface area contributed by atoms with Gasteiger partial charge in [-0.05, 0) is 89.4 Å². The van der Waals surface area contributed by atoms with Crippen LogP contribution in [0.25, 0.3) is 0 Å². The molecule has 0 aliphatic carbocycles. The minimum absolute atomic E-state index is 0.531. The van der Waals surface area contributed by atoms with Crippen LogP contribution >= 0.6 is 0 Å². The summed E-state index contributed by atoms with van der Waals surface area (Å²) in [6, 6.07) is 11.4. The van der Waals surface area contributed by atoms with Crippen molar-refractivity contribution in [2.45, 2.75) is 87.4 Å². The van der Waals surface area contributed by atoms with Crippen molar-refractivity contribution in [2.24, 2.45) is 0 Å². The Balaban J connectivity index is 1.27. The second-order valence-corrected chi connectivity index (χ2v) is 10.3. The molecule has 0 saturated carbocycles. The number of hydrogen-bond acceptors (Lipinski definition) is 5. The first-order chi connectivity index (χ1) is 15.2. The average molecular weight is 419 g/mol. The van der Waals surface area contributed by atoms with Crippen LogP contribution < -0.4 is 4.74 Å². The first-order valence-corrected chi connectivity index (χ1v) is 12.2. The second-order valence-electron chi connectivity index (χ2n) is 10.3. The van der Waals surface area contributed by atoms with Crippen molar-refractivity contribution in [2.75, 3.05) is 14.1 Å². The SMILES string of the molecule is CN1C2CCC1CC(c1cccnc1Oc1ncccc1C1CC3CCC(C1)N3C)C2. The Morgan fingerprint density at radius 2 is 1.06 bits per heavy atom. The molecule has 0 aromatic carbocycles. The van der Waals surface area contributed by atoms with Crippen LogP contribution in [0.4, 0.5) is 0 Å². The van der Waals surface area contributed by atoms with Gasteiger partial charge >= 0.3 is 0 Å². The summed E-state index contributed by atoms with van der Waals surface area (Å²) in [5.74, 6) is 2.60. The quantitative estimate of drug-likeness (QED) is 0.703. The van der Waals surface area contributed by atoms with E-state index in [9.17, 15) is 0 Å². The van der Waals surface area contributed by atoms with Crippen molar-refractivity contribution < 1.29 is 4.74 Å². The maximum Gasteiger partial charge on any atom is 0.224 e. The van der Waals surface area contributed by atoms with E-state index in [1.807, 2.05) is 12.4 Å². The number of ether oxygens (including phenoxy) is 1. The molecule has 2 aromatic rings. The van der Waals surface area contributed by atoms with Crippen molar-refractivity contribution in [3.63, 3.8) is 0 Å². The van der Waals surface area contributed by atoms with Gasteiger partial charge in [0.05, 0.1) is 0 Å². The van der Waals surface area contributed by atoms with Gasteiger partial charge in [-0.15, -0.1) is 0 Å². The molecule has 0 amide bonds. The van der Waals surface area contributed by atoms with Crippen LogP contribution in [0.2, 0.25) is 0 Å². The van der Waals surface area contributed by atoms with Crippen molar-refractivity contribution >= 4 is 0 Å². The predicted molar refractivity (Wildman–Crippen MR) is 122 cm³/mol. The van der Waals surface area contributed by atoms with Crippen LogP contribution in [0.5, 0.6) is 11.8 Å². The average Bonchev–Trinajstić information content (AvgIpc) is 3.12. The van der Waals surface area contributed by atoms with Gasteiger partial charge in [-0.2, -0.15) is 0 Å². The number of nitrogens with zero attached hydrogens (tertiary/aromatic N) is 4. The van der Waals surface area contributed by atoms with Gasteiger partial charge < -0.3 is 14.5 Å². The molecule has 4 aliphatic heterocycles. The predicted octanol–water partition coefficient (Wildman–Crippen LogP) is 4.95. The van der Waals surface area contributed by atoms with Gasteiger partial charge in [-0.1, -0.05) is 12.1 Å². The van der Waals surface area contributed by atoms with Crippen molar-refractivity contribution in [1.29, 1.82) is 0 Å². The fraction of sp³-hybridized carbons (Fsp3) is 0.615. The lowest BCUT2D eigenvalue weighted by Gasteiger charge is -2.37. The first kappa shape index (κ1) is 19.7. The van der Waals surface area contributed by atoms with Crippen LogP contribution in [0.3, 0.4) is 0 Å². The molecule has 5 heteroatoms. The van der Waals surface area contributed by atoms with Crippen molar-refractivity contribution in [3.8, 4) is 11.8 Å². The molecule has 4 unspecified atom stereocenters. The highest BCUT2D eigenvalue weighted by molar-refractivity contribution is 5.38. The van der Waals surface area contributed by atoms with E-state index in [0.29, 0.717) is 36.0 Å². The Bertz CT molecular complexity index is 845. The van der Waals surface area contributed by atoms with E-state index in [4.69, 9.17) is 14.7 Å². The zero-order valence-electron chi connectivity index (χ0n) is 18.8. The van der Waals surface area contributed by atoms with Crippen molar-refractivity contribution in [3.05, 3.63) is 47.8 Å². The smallest absolute Gasteiger partial charge is 0.224 e. The van der Waals surface area contributed by atoms with E-state index < -0.39 is 0 Å². The van der Waals surface area contributed by atoms with E-state index in [-0.39, 0.29) is 0 Å². The summed E-state index contributed by atoms with van der Waals surface area (Å²) in [4.78, 5) is 14.6. The van der Waals surface area contributed by atoms with Gasteiger partial charge in [-0.25, -0.2) is 9.97 Å². The molecule has 4 fully saturated rings. The summed E-state index contributed by atoms with van der Waals surface area (Å²) in [5.41, 5.74) is 2.54. The van der Waals surface area contributed by atoms with Gasteiger partial charge in [0.1, 0.15) is 0 Å². The molecule has 5 nitrogen and oxygen atoms in total. The molecule has 164 valence electrons. The zero-order valence-corrected chi connectivity index (χ0v) is 18.8. The van der Waals surface area contributed by atoms with Gasteiger partial charge in [0, 0.05) is 47.7 Å². The first-order valence-electron chi connectivity index (χ1n) is 12.2. The molecule has 4 aliphatic rings. The zero-order chi connectivity index (χ0) is 20.9. The summed E-state index contributed by atoms with van der Waals surface area (Å²) in [6.45, 7) is 0. The van der Waals surface area contributed by atoms with Gasteiger partial charge in [0.25, 0.3) is 0 Å². The highest BCUT2D eigenvalue weighted by atomic mass is 16.5. The molecule has 0 N–H and O–H groups in total. The van der Waals surface area contributed by atoms with E-state index in [1.54, 1.807) is 0 Å². The largest absolute Gasteiger partial charge is 0.420 e. The lowest BCUT2D eigenvalue weighted by molar-refractivity contribution is 0.159. The second kappa shape index (κ2) is 7.86. The molecular weight excluding hydrogens is 384 g/mol. The third kappa shape index (κ3) is 3.46. The van der Waals surface area contributed by atoms with Gasteiger partial charge in [-0.3, -0.25) is 0 Å². The monoisotopic (exact) mass is 418 g/mol. The fourth-order valence-corrected chi connectivity index (χ4v) is 7.02. The minimum atomic E-state index is 0.531. The van der Waals surface area contributed by atoms with E-state index in [0.717, 1.165) is 11.8 Å². The highest BCUT2D eigenvalue weighted by Crippen LogP contribution is 2.46. The fourth-order valence-electron chi connectivity index (χ4n) is 7.02. The lowest BCUT2D eigenvalue weighted by atomic mass is 9.85.